The van der Waals surface area contributed by atoms with Gasteiger partial charge in [0, 0.05) is 61.4 Å². The Kier molecular flexibility index (Phi) is 7.51. The van der Waals surface area contributed by atoms with Gasteiger partial charge in [0.15, 0.2) is 0 Å². The third-order valence-corrected chi connectivity index (χ3v) is 6.55. The zero-order valence-corrected chi connectivity index (χ0v) is 21.2. The highest BCUT2D eigenvalue weighted by Crippen LogP contribution is 2.30. The molecule has 0 radical (unpaired) electrons. The van der Waals surface area contributed by atoms with Gasteiger partial charge in [-0.2, -0.15) is 18.3 Å². The number of carbonyl (C=O) groups is 1. The summed E-state index contributed by atoms with van der Waals surface area (Å²) in [4.78, 5) is 20.5. The molecule has 1 aliphatic heterocycles. The molecule has 202 valence electrons. The van der Waals surface area contributed by atoms with Gasteiger partial charge in [-0.25, -0.2) is 9.78 Å². The molecule has 2 N–H and O–H groups in total. The number of nitrogens with one attached hydrogen (secondary N) is 2. The van der Waals surface area contributed by atoms with E-state index in [1.165, 1.54) is 6.07 Å². The Bertz CT molecular complexity index is 1390. The lowest BCUT2D eigenvalue weighted by atomic mass is 10.1. The molecule has 1 fully saturated rings. The molecule has 8 nitrogen and oxygen atoms in total. The maximum atomic E-state index is 12.9. The number of carbonyl (C=O) groups excluding carboxylic acids is 1. The van der Waals surface area contributed by atoms with Crippen LogP contribution in [-0.4, -0.2) is 51.9 Å². The summed E-state index contributed by atoms with van der Waals surface area (Å²) < 4.78 is 44.0. The summed E-state index contributed by atoms with van der Waals surface area (Å²) >= 11 is 0. The SMILES string of the molecule is CC1CN(Cc2c[nH]nc2-c2ccc(OC(=O)Nc3ccccc3)cc2)CCN1c1ccc(C(F)(F)F)cn1. The molecular weight excluding hydrogens is 509 g/mol. The van der Waals surface area contributed by atoms with Crippen molar-refractivity contribution in [2.75, 3.05) is 29.9 Å². The highest BCUT2D eigenvalue weighted by atomic mass is 19.4. The minimum absolute atomic E-state index is 0.0665. The number of H-pyrrole nitrogens is 1. The first-order chi connectivity index (χ1) is 18.8. The average molecular weight is 537 g/mol. The fourth-order valence-corrected chi connectivity index (χ4v) is 4.62. The van der Waals surface area contributed by atoms with Crippen molar-refractivity contribution in [1.82, 2.24) is 20.1 Å². The van der Waals surface area contributed by atoms with Crippen LogP contribution in [0.3, 0.4) is 0 Å². The Balaban J connectivity index is 1.18. The smallest absolute Gasteiger partial charge is 0.410 e. The van der Waals surface area contributed by atoms with Gasteiger partial charge in [0.1, 0.15) is 11.6 Å². The molecule has 1 amide bonds. The van der Waals surface area contributed by atoms with Gasteiger partial charge in [0.2, 0.25) is 0 Å². The number of pyridine rings is 1. The zero-order chi connectivity index (χ0) is 27.4. The molecule has 0 aliphatic carbocycles. The molecule has 2 aromatic carbocycles. The van der Waals surface area contributed by atoms with Crippen LogP contribution in [0, 0.1) is 0 Å². The number of ether oxygens (including phenoxy) is 1. The van der Waals surface area contributed by atoms with Gasteiger partial charge in [0.25, 0.3) is 0 Å². The summed E-state index contributed by atoms with van der Waals surface area (Å²) in [7, 11) is 0. The number of amides is 1. The number of para-hydroxylation sites is 1. The third kappa shape index (κ3) is 6.37. The summed E-state index contributed by atoms with van der Waals surface area (Å²) in [6.07, 6.45) is -2.23. The predicted octanol–water partition coefficient (Wildman–Crippen LogP) is 5.81. The second-order valence-electron chi connectivity index (χ2n) is 9.34. The summed E-state index contributed by atoms with van der Waals surface area (Å²) in [5, 5.41) is 10.0. The second-order valence-corrected chi connectivity index (χ2v) is 9.34. The molecule has 0 saturated carbocycles. The van der Waals surface area contributed by atoms with Gasteiger partial charge < -0.3 is 9.64 Å². The van der Waals surface area contributed by atoms with Crippen LogP contribution < -0.4 is 15.0 Å². The quantitative estimate of drug-likeness (QED) is 0.323. The number of aromatic nitrogens is 3. The lowest BCUT2D eigenvalue weighted by Gasteiger charge is -2.40. The first kappa shape index (κ1) is 26.2. The lowest BCUT2D eigenvalue weighted by Crippen LogP contribution is -2.51. The molecule has 39 heavy (non-hydrogen) atoms. The van der Waals surface area contributed by atoms with E-state index in [0.29, 0.717) is 30.3 Å². The number of alkyl halides is 3. The Morgan fingerprint density at radius 2 is 1.85 bits per heavy atom. The second kappa shape index (κ2) is 11.2. The summed E-state index contributed by atoms with van der Waals surface area (Å²) in [6.45, 7) is 4.78. The van der Waals surface area contributed by atoms with E-state index in [4.69, 9.17) is 4.74 Å². The van der Waals surface area contributed by atoms with Crippen molar-refractivity contribution in [3.8, 4) is 17.0 Å². The molecule has 4 aromatic rings. The van der Waals surface area contributed by atoms with Crippen LogP contribution in [0.5, 0.6) is 5.75 Å². The van der Waals surface area contributed by atoms with Crippen molar-refractivity contribution in [1.29, 1.82) is 0 Å². The van der Waals surface area contributed by atoms with E-state index in [2.05, 4.69) is 25.4 Å². The first-order valence-electron chi connectivity index (χ1n) is 12.5. The van der Waals surface area contributed by atoms with Gasteiger partial charge in [-0.1, -0.05) is 18.2 Å². The summed E-state index contributed by atoms with van der Waals surface area (Å²) in [5.41, 5.74) is 2.59. The van der Waals surface area contributed by atoms with E-state index in [-0.39, 0.29) is 6.04 Å². The molecule has 0 spiro atoms. The Morgan fingerprint density at radius 1 is 1.08 bits per heavy atom. The normalized spacial score (nSPS) is 16.2. The van der Waals surface area contributed by atoms with Gasteiger partial charge in [-0.3, -0.25) is 15.3 Å². The molecule has 5 rings (SSSR count). The standard InChI is InChI=1S/C28H27F3N6O2/c1-19-17-36(13-14-37(19)25-12-9-22(16-32-25)28(29,30)31)18-21-15-33-35-26(21)20-7-10-24(11-8-20)39-27(38)34-23-5-3-2-4-6-23/h2-12,15-16,19H,13-14,17-18H2,1H3,(H,33,35)(H,34,38). The van der Waals surface area contributed by atoms with E-state index in [9.17, 15) is 18.0 Å². The summed E-state index contributed by atoms with van der Waals surface area (Å²) in [5.74, 6) is 0.949. The fourth-order valence-electron chi connectivity index (χ4n) is 4.62. The van der Waals surface area contributed by atoms with Crippen molar-refractivity contribution in [3.63, 3.8) is 0 Å². The van der Waals surface area contributed by atoms with E-state index in [0.717, 1.165) is 42.2 Å². The Hall–Kier alpha value is -4.38. The van der Waals surface area contributed by atoms with E-state index >= 15 is 0 Å². The number of hydrogen-bond acceptors (Lipinski definition) is 6. The number of aromatic amines is 1. The van der Waals surface area contributed by atoms with Crippen LogP contribution in [0.2, 0.25) is 0 Å². The molecule has 1 saturated heterocycles. The van der Waals surface area contributed by atoms with Gasteiger partial charge >= 0.3 is 12.3 Å². The van der Waals surface area contributed by atoms with Crippen molar-refractivity contribution in [3.05, 3.63) is 90.3 Å². The van der Waals surface area contributed by atoms with Gasteiger partial charge in [-0.15, -0.1) is 0 Å². The lowest BCUT2D eigenvalue weighted by molar-refractivity contribution is -0.137. The van der Waals surface area contributed by atoms with E-state index < -0.39 is 17.8 Å². The zero-order valence-electron chi connectivity index (χ0n) is 21.2. The highest BCUT2D eigenvalue weighted by molar-refractivity contribution is 5.86. The first-order valence-corrected chi connectivity index (χ1v) is 12.5. The number of anilines is 2. The Labute approximate surface area is 223 Å². The average Bonchev–Trinajstić information content (AvgIpc) is 3.37. The topological polar surface area (TPSA) is 86.4 Å². The Morgan fingerprint density at radius 3 is 2.51 bits per heavy atom. The highest BCUT2D eigenvalue weighted by Gasteiger charge is 2.32. The third-order valence-electron chi connectivity index (χ3n) is 6.55. The van der Waals surface area contributed by atoms with Crippen LogP contribution in [0.1, 0.15) is 18.1 Å². The minimum Gasteiger partial charge on any atom is -0.410 e. The van der Waals surface area contributed by atoms with Crippen LogP contribution in [0.25, 0.3) is 11.3 Å². The molecule has 1 aliphatic rings. The summed E-state index contributed by atoms with van der Waals surface area (Å²) in [6, 6.07) is 18.8. The van der Waals surface area contributed by atoms with E-state index in [1.54, 1.807) is 24.3 Å². The maximum Gasteiger partial charge on any atom is 0.417 e. The van der Waals surface area contributed by atoms with Crippen molar-refractivity contribution < 1.29 is 22.7 Å². The molecule has 0 bridgehead atoms. The maximum absolute atomic E-state index is 12.9. The van der Waals surface area contributed by atoms with Crippen LogP contribution in [0.15, 0.2) is 79.1 Å². The molecular formula is C28H27F3N6O2. The number of rotatable bonds is 6. The number of nitrogens with zero attached hydrogens (tertiary/aromatic N) is 4. The minimum atomic E-state index is -4.40. The molecule has 3 heterocycles. The van der Waals surface area contributed by atoms with Crippen molar-refractivity contribution >= 4 is 17.6 Å². The predicted molar refractivity (Wildman–Crippen MR) is 141 cm³/mol. The van der Waals surface area contributed by atoms with Gasteiger partial charge in [0.05, 0.1) is 11.3 Å². The van der Waals surface area contributed by atoms with Crippen LogP contribution in [0.4, 0.5) is 29.5 Å². The van der Waals surface area contributed by atoms with Gasteiger partial charge in [-0.05, 0) is 55.5 Å². The monoisotopic (exact) mass is 536 g/mol. The fraction of sp³-hybridized carbons (Fsp3) is 0.250. The molecule has 1 atom stereocenters. The number of halogens is 3. The number of piperazine rings is 1. The molecule has 11 heteroatoms. The molecule has 1 unspecified atom stereocenters. The van der Waals surface area contributed by atoms with Crippen LogP contribution >= 0.6 is 0 Å². The number of benzene rings is 2. The van der Waals surface area contributed by atoms with Crippen molar-refractivity contribution in [2.45, 2.75) is 25.7 Å². The largest absolute Gasteiger partial charge is 0.417 e. The van der Waals surface area contributed by atoms with E-state index in [1.807, 2.05) is 48.4 Å². The molecule has 2 aromatic heterocycles. The van der Waals surface area contributed by atoms with Crippen LogP contribution in [-0.2, 0) is 12.7 Å². The number of hydrogen-bond donors (Lipinski definition) is 2. The van der Waals surface area contributed by atoms with Crippen molar-refractivity contribution in [2.24, 2.45) is 0 Å².